The van der Waals surface area contributed by atoms with E-state index in [0.717, 1.165) is 13.1 Å². The van der Waals surface area contributed by atoms with Crippen molar-refractivity contribution < 1.29 is 19.1 Å². The predicted octanol–water partition coefficient (Wildman–Crippen LogP) is -0.567. The highest BCUT2D eigenvalue weighted by Gasteiger charge is 2.33. The lowest BCUT2D eigenvalue weighted by molar-refractivity contribution is -0.147. The molecule has 0 saturated carbocycles. The highest BCUT2D eigenvalue weighted by molar-refractivity contribution is 5.84. The summed E-state index contributed by atoms with van der Waals surface area (Å²) in [5, 5.41) is 5.65. The fraction of sp³-hybridized carbons (Fsp3) is 0.818. The summed E-state index contributed by atoms with van der Waals surface area (Å²) in [7, 11) is 1.30. The first kappa shape index (κ1) is 13.9. The first-order valence-corrected chi connectivity index (χ1v) is 5.72. The number of nitrogens with one attached hydrogen (secondary N) is 2. The molecule has 1 amide bonds. The van der Waals surface area contributed by atoms with Crippen molar-refractivity contribution in [1.29, 1.82) is 0 Å². The molecular formula is C11H20N2O4. The monoisotopic (exact) mass is 244 g/mol. The topological polar surface area (TPSA) is 76.7 Å². The van der Waals surface area contributed by atoms with Crippen molar-refractivity contribution in [3.05, 3.63) is 0 Å². The molecule has 0 bridgehead atoms. The number of ether oxygens (including phenoxy) is 2. The summed E-state index contributed by atoms with van der Waals surface area (Å²) in [6, 6.07) is -0.594. The molecule has 6 nitrogen and oxygen atoms in total. The summed E-state index contributed by atoms with van der Waals surface area (Å²) in [6.07, 6.45) is 0.497. The van der Waals surface area contributed by atoms with E-state index >= 15 is 0 Å². The largest absolute Gasteiger partial charge is 0.467 e. The van der Waals surface area contributed by atoms with Gasteiger partial charge in [0.25, 0.3) is 0 Å². The van der Waals surface area contributed by atoms with Gasteiger partial charge >= 0.3 is 5.97 Å². The summed E-state index contributed by atoms with van der Waals surface area (Å²) >= 11 is 0. The van der Waals surface area contributed by atoms with Gasteiger partial charge in [-0.2, -0.15) is 0 Å². The van der Waals surface area contributed by atoms with E-state index in [1.807, 2.05) is 6.92 Å². The van der Waals surface area contributed by atoms with Crippen LogP contribution in [0.4, 0.5) is 0 Å². The molecule has 0 aromatic heterocycles. The zero-order valence-corrected chi connectivity index (χ0v) is 10.5. The van der Waals surface area contributed by atoms with E-state index in [4.69, 9.17) is 4.74 Å². The van der Waals surface area contributed by atoms with Gasteiger partial charge in [0, 0.05) is 13.1 Å². The third kappa shape index (κ3) is 3.98. The van der Waals surface area contributed by atoms with Gasteiger partial charge in [0.1, 0.15) is 12.6 Å². The molecule has 17 heavy (non-hydrogen) atoms. The van der Waals surface area contributed by atoms with Crippen molar-refractivity contribution in [2.45, 2.75) is 31.9 Å². The Hall–Kier alpha value is -1.14. The SMILES string of the molecule is CCC(NC(=O)COC1(C)CNC1)C(=O)OC. The molecule has 1 fully saturated rings. The fourth-order valence-electron chi connectivity index (χ4n) is 1.52. The van der Waals surface area contributed by atoms with Gasteiger partial charge in [0.05, 0.1) is 12.7 Å². The molecule has 0 spiro atoms. The second kappa shape index (κ2) is 5.97. The van der Waals surface area contributed by atoms with Crippen LogP contribution in [0.25, 0.3) is 0 Å². The summed E-state index contributed by atoms with van der Waals surface area (Å²) in [5.41, 5.74) is -0.260. The van der Waals surface area contributed by atoms with Gasteiger partial charge in [-0.1, -0.05) is 6.92 Å². The Balaban J connectivity index is 2.30. The number of carbonyl (C=O) groups excluding carboxylic acids is 2. The summed E-state index contributed by atoms with van der Waals surface area (Å²) in [4.78, 5) is 22.8. The smallest absolute Gasteiger partial charge is 0.328 e. The van der Waals surface area contributed by atoms with Crippen LogP contribution < -0.4 is 10.6 Å². The van der Waals surface area contributed by atoms with Crippen molar-refractivity contribution >= 4 is 11.9 Å². The standard InChI is InChI=1S/C11H20N2O4/c1-4-8(10(15)16-3)13-9(14)5-17-11(2)6-12-7-11/h8,12H,4-7H2,1-3H3,(H,13,14). The second-order valence-corrected chi connectivity index (χ2v) is 4.39. The predicted molar refractivity (Wildman–Crippen MR) is 61.5 cm³/mol. The molecule has 6 heteroatoms. The molecule has 1 unspecified atom stereocenters. The van der Waals surface area contributed by atoms with Crippen molar-refractivity contribution in [3.63, 3.8) is 0 Å². The van der Waals surface area contributed by atoms with E-state index in [0.29, 0.717) is 6.42 Å². The average molecular weight is 244 g/mol. The maximum Gasteiger partial charge on any atom is 0.328 e. The summed E-state index contributed by atoms with van der Waals surface area (Å²) < 4.78 is 10.0. The molecule has 98 valence electrons. The molecule has 1 atom stereocenters. The number of hydrogen-bond acceptors (Lipinski definition) is 5. The Morgan fingerprint density at radius 3 is 2.53 bits per heavy atom. The minimum absolute atomic E-state index is 0.0360. The Bertz CT molecular complexity index is 289. The second-order valence-electron chi connectivity index (χ2n) is 4.39. The Morgan fingerprint density at radius 1 is 1.47 bits per heavy atom. The number of amides is 1. The van der Waals surface area contributed by atoms with Gasteiger partial charge in [0.15, 0.2) is 0 Å². The summed E-state index contributed by atoms with van der Waals surface area (Å²) in [5.74, 6) is -0.729. The van der Waals surface area contributed by atoms with E-state index in [1.165, 1.54) is 7.11 Å². The number of methoxy groups -OCH3 is 1. The van der Waals surface area contributed by atoms with Crippen LogP contribution in [0, 0.1) is 0 Å². The lowest BCUT2D eigenvalue weighted by atomic mass is 10.0. The van der Waals surface area contributed by atoms with Crippen LogP contribution >= 0.6 is 0 Å². The lowest BCUT2D eigenvalue weighted by Gasteiger charge is -2.38. The molecule has 1 rings (SSSR count). The number of esters is 1. The molecule has 1 heterocycles. The first-order valence-electron chi connectivity index (χ1n) is 5.72. The van der Waals surface area contributed by atoms with E-state index < -0.39 is 12.0 Å². The number of hydrogen-bond donors (Lipinski definition) is 2. The van der Waals surface area contributed by atoms with E-state index in [2.05, 4.69) is 15.4 Å². The maximum absolute atomic E-state index is 11.6. The average Bonchev–Trinajstić information content (AvgIpc) is 2.30. The molecule has 1 aliphatic rings. The van der Waals surface area contributed by atoms with Gasteiger partial charge < -0.3 is 20.1 Å². The van der Waals surface area contributed by atoms with E-state index in [-0.39, 0.29) is 18.1 Å². The van der Waals surface area contributed by atoms with Crippen LogP contribution in [0.15, 0.2) is 0 Å². The third-order valence-electron chi connectivity index (χ3n) is 2.78. The molecular weight excluding hydrogens is 224 g/mol. The van der Waals surface area contributed by atoms with E-state index in [1.54, 1.807) is 6.92 Å². The first-order chi connectivity index (χ1) is 8.00. The van der Waals surface area contributed by atoms with E-state index in [9.17, 15) is 9.59 Å². The molecule has 2 N–H and O–H groups in total. The highest BCUT2D eigenvalue weighted by atomic mass is 16.5. The van der Waals surface area contributed by atoms with Gasteiger partial charge in [-0.25, -0.2) is 4.79 Å². The normalized spacial score (nSPS) is 19.0. The minimum Gasteiger partial charge on any atom is -0.467 e. The van der Waals surface area contributed by atoms with Crippen LogP contribution in [-0.4, -0.2) is 50.3 Å². The number of carbonyl (C=O) groups is 2. The zero-order valence-electron chi connectivity index (χ0n) is 10.5. The fourth-order valence-corrected chi connectivity index (χ4v) is 1.52. The van der Waals surface area contributed by atoms with Crippen LogP contribution in [0.2, 0.25) is 0 Å². The summed E-state index contributed by atoms with van der Waals surface area (Å²) in [6.45, 7) is 5.20. The van der Waals surface area contributed by atoms with Gasteiger partial charge in [0.2, 0.25) is 5.91 Å². The highest BCUT2D eigenvalue weighted by Crippen LogP contribution is 2.14. The lowest BCUT2D eigenvalue weighted by Crippen LogP contribution is -2.60. The Morgan fingerprint density at radius 2 is 2.12 bits per heavy atom. The van der Waals surface area contributed by atoms with Crippen molar-refractivity contribution in [1.82, 2.24) is 10.6 Å². The van der Waals surface area contributed by atoms with Crippen LogP contribution in [-0.2, 0) is 19.1 Å². The molecule has 1 aliphatic heterocycles. The van der Waals surface area contributed by atoms with Crippen LogP contribution in [0.3, 0.4) is 0 Å². The zero-order chi connectivity index (χ0) is 12.9. The minimum atomic E-state index is -0.594. The number of rotatable bonds is 6. The van der Waals surface area contributed by atoms with Crippen molar-refractivity contribution in [2.75, 3.05) is 26.8 Å². The third-order valence-corrected chi connectivity index (χ3v) is 2.78. The van der Waals surface area contributed by atoms with Gasteiger partial charge in [-0.15, -0.1) is 0 Å². The molecule has 0 aliphatic carbocycles. The molecule has 0 radical (unpaired) electrons. The van der Waals surface area contributed by atoms with Crippen molar-refractivity contribution in [2.24, 2.45) is 0 Å². The van der Waals surface area contributed by atoms with Crippen LogP contribution in [0.1, 0.15) is 20.3 Å². The quantitative estimate of drug-likeness (QED) is 0.612. The molecule has 0 aromatic rings. The molecule has 0 aromatic carbocycles. The molecule has 1 saturated heterocycles. The Kier molecular flexibility index (Phi) is 4.89. The van der Waals surface area contributed by atoms with Crippen LogP contribution in [0.5, 0.6) is 0 Å². The maximum atomic E-state index is 11.6. The Labute approximate surface area is 101 Å². The van der Waals surface area contributed by atoms with Crippen molar-refractivity contribution in [3.8, 4) is 0 Å². The van der Waals surface area contributed by atoms with Gasteiger partial charge in [-0.3, -0.25) is 4.79 Å². The van der Waals surface area contributed by atoms with Gasteiger partial charge in [-0.05, 0) is 13.3 Å².